The van der Waals surface area contributed by atoms with E-state index in [4.69, 9.17) is 0 Å². The average molecular weight is 344 g/mol. The third-order valence-corrected chi connectivity index (χ3v) is 4.60. The maximum atomic E-state index is 13.0. The number of aromatic nitrogens is 2. The van der Waals surface area contributed by atoms with Crippen LogP contribution in [0.1, 0.15) is 28.4 Å². The van der Waals surface area contributed by atoms with E-state index < -0.39 is 0 Å². The first kappa shape index (κ1) is 16.3. The van der Waals surface area contributed by atoms with Gasteiger partial charge in [-0.3, -0.25) is 4.79 Å². The maximum Gasteiger partial charge on any atom is 0.261 e. The van der Waals surface area contributed by atoms with Gasteiger partial charge >= 0.3 is 0 Å². The molecule has 5 heteroatoms. The third-order valence-electron chi connectivity index (χ3n) is 4.60. The molecule has 0 aliphatic carbocycles. The van der Waals surface area contributed by atoms with Crippen molar-refractivity contribution in [2.24, 2.45) is 0 Å². The zero-order chi connectivity index (χ0) is 18.1. The zero-order valence-corrected chi connectivity index (χ0v) is 14.8. The van der Waals surface area contributed by atoms with Gasteiger partial charge in [-0.2, -0.15) is 0 Å². The first-order valence-corrected chi connectivity index (χ1v) is 8.69. The number of rotatable bonds is 3. The lowest BCUT2D eigenvalue weighted by Crippen LogP contribution is -2.35. The number of fused-ring (bicyclic) bond motifs is 1. The summed E-state index contributed by atoms with van der Waals surface area (Å²) in [6.45, 7) is 4.09. The van der Waals surface area contributed by atoms with Crippen molar-refractivity contribution >= 4 is 23.2 Å². The van der Waals surface area contributed by atoms with E-state index >= 15 is 0 Å². The number of nitrogens with zero attached hydrogens (tertiary/aromatic N) is 3. The van der Waals surface area contributed by atoms with E-state index in [1.807, 2.05) is 54.3 Å². The number of aryl methyl sites for hydroxylation is 1. The molecular weight excluding hydrogens is 324 g/mol. The van der Waals surface area contributed by atoms with Gasteiger partial charge in [0.25, 0.3) is 5.91 Å². The molecule has 1 atom stereocenters. The van der Waals surface area contributed by atoms with Crippen molar-refractivity contribution in [2.45, 2.75) is 26.3 Å². The minimum atomic E-state index is -0.0652. The highest BCUT2D eigenvalue weighted by Crippen LogP contribution is 2.32. The van der Waals surface area contributed by atoms with Crippen molar-refractivity contribution < 1.29 is 4.79 Å². The molecule has 0 saturated carbocycles. The molecule has 1 unspecified atom stereocenters. The van der Waals surface area contributed by atoms with E-state index in [9.17, 15) is 4.79 Å². The Hall–Kier alpha value is -3.21. The Bertz CT molecular complexity index is 952. The fraction of sp³-hybridized carbons (Fsp3) is 0.190. The van der Waals surface area contributed by atoms with Crippen molar-refractivity contribution in [1.82, 2.24) is 9.97 Å². The first-order valence-electron chi connectivity index (χ1n) is 8.69. The highest BCUT2D eigenvalue weighted by atomic mass is 16.2. The maximum absolute atomic E-state index is 13.0. The van der Waals surface area contributed by atoms with Gasteiger partial charge in [0.15, 0.2) is 0 Å². The molecular formula is C21H20N4O. The summed E-state index contributed by atoms with van der Waals surface area (Å²) in [5.74, 6) is 0.409. The highest BCUT2D eigenvalue weighted by molar-refractivity contribution is 6.07. The van der Waals surface area contributed by atoms with Crippen molar-refractivity contribution in [3.05, 3.63) is 77.6 Å². The van der Waals surface area contributed by atoms with E-state index in [0.29, 0.717) is 11.5 Å². The lowest BCUT2D eigenvalue weighted by molar-refractivity contribution is 0.0981. The van der Waals surface area contributed by atoms with Crippen molar-refractivity contribution in [2.75, 3.05) is 10.2 Å². The van der Waals surface area contributed by atoms with Gasteiger partial charge in [0.2, 0.25) is 5.95 Å². The number of anilines is 3. The molecule has 26 heavy (non-hydrogen) atoms. The Labute approximate surface area is 152 Å². The largest absolute Gasteiger partial charge is 0.324 e. The summed E-state index contributed by atoms with van der Waals surface area (Å²) in [6, 6.07) is 16.1. The number of benzene rings is 2. The summed E-state index contributed by atoms with van der Waals surface area (Å²) in [5, 5.41) is 3.16. The van der Waals surface area contributed by atoms with Gasteiger partial charge in [-0.15, -0.1) is 0 Å². The predicted octanol–water partition coefficient (Wildman–Crippen LogP) is 4.12. The topological polar surface area (TPSA) is 58.1 Å². The van der Waals surface area contributed by atoms with Crippen LogP contribution >= 0.6 is 0 Å². The molecule has 2 heterocycles. The molecule has 130 valence electrons. The van der Waals surface area contributed by atoms with Crippen LogP contribution < -0.4 is 10.2 Å². The molecule has 0 fully saturated rings. The fourth-order valence-electron chi connectivity index (χ4n) is 3.37. The van der Waals surface area contributed by atoms with E-state index in [1.165, 1.54) is 5.56 Å². The number of carbonyl (C=O) groups is 1. The molecule has 1 amide bonds. The Morgan fingerprint density at radius 1 is 1.12 bits per heavy atom. The second kappa shape index (κ2) is 6.59. The lowest BCUT2D eigenvalue weighted by atomic mass is 10.1. The van der Waals surface area contributed by atoms with Gasteiger partial charge in [-0.05, 0) is 49.6 Å². The van der Waals surface area contributed by atoms with Crippen molar-refractivity contribution in [3.63, 3.8) is 0 Å². The van der Waals surface area contributed by atoms with E-state index in [-0.39, 0.29) is 11.9 Å². The molecule has 4 rings (SSSR count). The Morgan fingerprint density at radius 2 is 1.88 bits per heavy atom. The molecule has 5 nitrogen and oxygen atoms in total. The summed E-state index contributed by atoms with van der Waals surface area (Å²) in [6.07, 6.45) is 4.04. The Morgan fingerprint density at radius 3 is 2.65 bits per heavy atom. The van der Waals surface area contributed by atoms with Crippen LogP contribution in [0.4, 0.5) is 17.3 Å². The number of nitrogens with one attached hydrogen (secondary N) is 1. The monoisotopic (exact) mass is 344 g/mol. The summed E-state index contributed by atoms with van der Waals surface area (Å²) >= 11 is 0. The standard InChI is InChI=1S/C21H20N4O/c1-14-6-5-8-18(10-14)24-21-22-12-17(13-23-21)20(26)25-15(2)11-16-7-3-4-9-19(16)25/h3-10,12-13,15H,11H2,1-2H3,(H,22,23,24). The highest BCUT2D eigenvalue weighted by Gasteiger charge is 2.31. The quantitative estimate of drug-likeness (QED) is 0.776. The zero-order valence-electron chi connectivity index (χ0n) is 14.8. The molecule has 2 aromatic carbocycles. The normalized spacial score (nSPS) is 15.6. The molecule has 0 radical (unpaired) electrons. The number of hydrogen-bond acceptors (Lipinski definition) is 4. The summed E-state index contributed by atoms with van der Waals surface area (Å²) < 4.78 is 0. The molecule has 1 N–H and O–H groups in total. The van der Waals surface area contributed by atoms with Gasteiger partial charge in [0, 0.05) is 29.8 Å². The molecule has 1 aromatic heterocycles. The summed E-state index contributed by atoms with van der Waals surface area (Å²) in [7, 11) is 0. The van der Waals surface area contributed by atoms with Crippen LogP contribution in [0, 0.1) is 6.92 Å². The van der Waals surface area contributed by atoms with Gasteiger partial charge in [-0.1, -0.05) is 30.3 Å². The number of carbonyl (C=O) groups excluding carboxylic acids is 1. The Balaban J connectivity index is 1.54. The van der Waals surface area contributed by atoms with E-state index in [1.54, 1.807) is 12.4 Å². The fourth-order valence-corrected chi connectivity index (χ4v) is 3.37. The van der Waals surface area contributed by atoms with Crippen LogP contribution in [0.2, 0.25) is 0 Å². The second-order valence-corrected chi connectivity index (χ2v) is 6.65. The van der Waals surface area contributed by atoms with Gasteiger partial charge in [0.05, 0.1) is 5.56 Å². The molecule has 0 spiro atoms. The molecule has 1 aliphatic rings. The third kappa shape index (κ3) is 3.04. The second-order valence-electron chi connectivity index (χ2n) is 6.65. The summed E-state index contributed by atoms with van der Waals surface area (Å²) in [4.78, 5) is 23.4. The Kier molecular flexibility index (Phi) is 4.13. The van der Waals surface area contributed by atoms with Crippen LogP contribution in [0.25, 0.3) is 0 Å². The number of para-hydroxylation sites is 1. The van der Waals surface area contributed by atoms with Crippen LogP contribution in [0.5, 0.6) is 0 Å². The van der Waals surface area contributed by atoms with Gasteiger partial charge in [-0.25, -0.2) is 9.97 Å². The van der Waals surface area contributed by atoms with Crippen LogP contribution in [0.15, 0.2) is 60.9 Å². The molecule has 0 saturated heterocycles. The lowest BCUT2D eigenvalue weighted by Gasteiger charge is -2.22. The smallest absolute Gasteiger partial charge is 0.261 e. The van der Waals surface area contributed by atoms with E-state index in [2.05, 4.69) is 28.3 Å². The van der Waals surface area contributed by atoms with Crippen molar-refractivity contribution in [3.8, 4) is 0 Å². The van der Waals surface area contributed by atoms with Crippen LogP contribution in [-0.4, -0.2) is 21.9 Å². The average Bonchev–Trinajstić information content (AvgIpc) is 2.97. The minimum Gasteiger partial charge on any atom is -0.324 e. The predicted molar refractivity (Wildman–Crippen MR) is 103 cm³/mol. The summed E-state index contributed by atoms with van der Waals surface area (Å²) in [5.41, 5.74) is 4.75. The first-order chi connectivity index (χ1) is 12.6. The molecule has 0 bridgehead atoms. The molecule has 1 aliphatic heterocycles. The van der Waals surface area contributed by atoms with Crippen LogP contribution in [0.3, 0.4) is 0 Å². The van der Waals surface area contributed by atoms with Crippen LogP contribution in [-0.2, 0) is 6.42 Å². The van der Waals surface area contributed by atoms with Gasteiger partial charge < -0.3 is 10.2 Å². The van der Waals surface area contributed by atoms with Crippen molar-refractivity contribution in [1.29, 1.82) is 0 Å². The van der Waals surface area contributed by atoms with E-state index in [0.717, 1.165) is 23.4 Å². The van der Waals surface area contributed by atoms with Gasteiger partial charge in [0.1, 0.15) is 0 Å². The number of amides is 1. The SMILES string of the molecule is Cc1cccc(Nc2ncc(C(=O)N3c4ccccc4CC3C)cn2)c1. The minimum absolute atomic E-state index is 0.0652. The number of hydrogen-bond donors (Lipinski definition) is 1. The molecule has 3 aromatic rings.